The number of alkyl halides is 3. The summed E-state index contributed by atoms with van der Waals surface area (Å²) in [6.45, 7) is 2.47. The SMILES string of the molecule is CNC(=O)c1csc(C2c3c(nc4sc(C)nn34)CCN2C=COc2ccc(C(F)(F)F)cc2Cl)n1. The molecular weight excluding hydrogens is 537 g/mol. The molecule has 4 heterocycles. The Labute approximate surface area is 216 Å². The largest absolute Gasteiger partial charge is 0.462 e. The number of halogens is 4. The molecule has 8 nitrogen and oxygen atoms in total. The number of hydrogen-bond donors (Lipinski definition) is 1. The number of ether oxygens (including phenoxy) is 1. The van der Waals surface area contributed by atoms with Gasteiger partial charge in [-0.25, -0.2) is 14.5 Å². The lowest BCUT2D eigenvalue weighted by molar-refractivity contribution is -0.137. The molecule has 1 aliphatic heterocycles. The fourth-order valence-corrected chi connectivity index (χ4v) is 5.81. The molecule has 1 aliphatic rings. The highest BCUT2D eigenvalue weighted by Crippen LogP contribution is 2.38. The molecule has 1 amide bonds. The van der Waals surface area contributed by atoms with E-state index in [4.69, 9.17) is 21.3 Å². The molecule has 0 aliphatic carbocycles. The first-order valence-electron chi connectivity index (χ1n) is 10.6. The molecule has 4 aromatic rings. The van der Waals surface area contributed by atoms with Crippen LogP contribution in [0.1, 0.15) is 43.5 Å². The van der Waals surface area contributed by atoms with Gasteiger partial charge in [0, 0.05) is 31.6 Å². The highest BCUT2D eigenvalue weighted by Gasteiger charge is 2.35. The monoisotopic (exact) mass is 554 g/mol. The molecule has 5 rings (SSSR count). The number of thiazole rings is 1. The Bertz CT molecular complexity index is 1480. The Morgan fingerprint density at radius 2 is 2.14 bits per heavy atom. The molecule has 1 atom stereocenters. The second-order valence-electron chi connectivity index (χ2n) is 7.85. The third-order valence-corrected chi connectivity index (χ3v) is 7.55. The van der Waals surface area contributed by atoms with Crippen LogP contribution >= 0.6 is 34.3 Å². The minimum absolute atomic E-state index is 0.0909. The molecule has 0 saturated carbocycles. The molecule has 36 heavy (non-hydrogen) atoms. The van der Waals surface area contributed by atoms with Gasteiger partial charge in [-0.15, -0.1) is 11.3 Å². The maximum Gasteiger partial charge on any atom is 0.416 e. The zero-order chi connectivity index (χ0) is 25.6. The summed E-state index contributed by atoms with van der Waals surface area (Å²) in [6, 6.07) is 2.51. The molecule has 0 bridgehead atoms. The molecule has 0 saturated heterocycles. The summed E-state index contributed by atoms with van der Waals surface area (Å²) in [6.07, 6.45) is -0.811. The van der Waals surface area contributed by atoms with E-state index in [9.17, 15) is 18.0 Å². The lowest BCUT2D eigenvalue weighted by atomic mass is 10.0. The van der Waals surface area contributed by atoms with Crippen molar-refractivity contribution < 1.29 is 22.7 Å². The Morgan fingerprint density at radius 3 is 2.86 bits per heavy atom. The molecule has 188 valence electrons. The summed E-state index contributed by atoms with van der Waals surface area (Å²) < 4.78 is 46.1. The van der Waals surface area contributed by atoms with Crippen molar-refractivity contribution in [1.29, 1.82) is 0 Å². The predicted molar refractivity (Wildman–Crippen MR) is 130 cm³/mol. The van der Waals surface area contributed by atoms with Gasteiger partial charge >= 0.3 is 6.18 Å². The summed E-state index contributed by atoms with van der Waals surface area (Å²) in [4.78, 5) is 24.2. The maximum atomic E-state index is 12.9. The third kappa shape index (κ3) is 4.53. The zero-order valence-corrected chi connectivity index (χ0v) is 21.2. The Morgan fingerprint density at radius 1 is 1.33 bits per heavy atom. The van der Waals surface area contributed by atoms with Crippen LogP contribution in [-0.2, 0) is 12.6 Å². The number of nitrogens with zero attached hydrogens (tertiary/aromatic N) is 5. The van der Waals surface area contributed by atoms with E-state index in [0.29, 0.717) is 23.7 Å². The number of nitrogens with one attached hydrogen (secondary N) is 1. The van der Waals surface area contributed by atoms with E-state index in [1.165, 1.54) is 42.0 Å². The summed E-state index contributed by atoms with van der Waals surface area (Å²) in [7, 11) is 1.54. The molecule has 14 heteroatoms. The van der Waals surface area contributed by atoms with Crippen LogP contribution in [-0.4, -0.2) is 44.0 Å². The van der Waals surface area contributed by atoms with Gasteiger partial charge in [-0.05, 0) is 25.1 Å². The van der Waals surface area contributed by atoms with Crippen molar-refractivity contribution in [3.8, 4) is 5.75 Å². The molecule has 3 aromatic heterocycles. The lowest BCUT2D eigenvalue weighted by Crippen LogP contribution is -2.33. The van der Waals surface area contributed by atoms with Crippen LogP contribution in [0.15, 0.2) is 36.0 Å². The van der Waals surface area contributed by atoms with Crippen LogP contribution in [0, 0.1) is 6.92 Å². The van der Waals surface area contributed by atoms with Gasteiger partial charge in [0.05, 0.1) is 22.0 Å². The summed E-state index contributed by atoms with van der Waals surface area (Å²) in [5.74, 6) is -0.202. The predicted octanol–water partition coefficient (Wildman–Crippen LogP) is 5.09. The lowest BCUT2D eigenvalue weighted by Gasteiger charge is -2.32. The van der Waals surface area contributed by atoms with E-state index >= 15 is 0 Å². The first-order chi connectivity index (χ1) is 17.2. The van der Waals surface area contributed by atoms with Gasteiger partial charge in [0.25, 0.3) is 5.91 Å². The van der Waals surface area contributed by atoms with E-state index in [2.05, 4.69) is 15.4 Å². The molecule has 1 aromatic carbocycles. The van der Waals surface area contributed by atoms with Crippen LogP contribution in [0.4, 0.5) is 13.2 Å². The quantitative estimate of drug-likeness (QED) is 0.346. The standard InChI is InChI=1S/C22H18ClF3N6O2S2/c1-11-30-32-17-14(29-21(32)36-11)5-6-31(18(17)20-28-15(10-35-20)19(33)27-2)7-8-34-16-4-3-12(9-13(16)23)22(24,25)26/h3-4,7-10,18H,5-6H2,1-2H3,(H,27,33). The molecule has 1 N–H and O–H groups in total. The van der Waals surface area contributed by atoms with Crippen molar-refractivity contribution >= 4 is 45.1 Å². The van der Waals surface area contributed by atoms with Crippen molar-refractivity contribution in [3.05, 3.63) is 73.7 Å². The Hall–Kier alpha value is -3.16. The molecule has 0 radical (unpaired) electrons. The second-order valence-corrected chi connectivity index (χ2v) is 10.3. The van der Waals surface area contributed by atoms with Crippen LogP contribution in [0.3, 0.4) is 0 Å². The van der Waals surface area contributed by atoms with E-state index in [-0.39, 0.29) is 16.7 Å². The average molecular weight is 555 g/mol. The molecule has 1 unspecified atom stereocenters. The van der Waals surface area contributed by atoms with Crippen LogP contribution in [0.2, 0.25) is 5.02 Å². The van der Waals surface area contributed by atoms with Gasteiger partial charge in [0.1, 0.15) is 33.8 Å². The topological polar surface area (TPSA) is 84.7 Å². The number of rotatable bonds is 5. The van der Waals surface area contributed by atoms with E-state index < -0.39 is 17.8 Å². The number of amides is 1. The van der Waals surface area contributed by atoms with Crippen LogP contribution < -0.4 is 10.1 Å². The van der Waals surface area contributed by atoms with Gasteiger partial charge in [0.15, 0.2) is 0 Å². The smallest absolute Gasteiger partial charge is 0.416 e. The van der Waals surface area contributed by atoms with Gasteiger partial charge in [0.2, 0.25) is 4.96 Å². The Balaban J connectivity index is 1.48. The van der Waals surface area contributed by atoms with Crippen molar-refractivity contribution in [3.63, 3.8) is 0 Å². The minimum Gasteiger partial charge on any atom is -0.462 e. The number of benzene rings is 1. The van der Waals surface area contributed by atoms with E-state index in [1.807, 2.05) is 11.8 Å². The minimum atomic E-state index is -4.50. The van der Waals surface area contributed by atoms with Gasteiger partial charge in [-0.3, -0.25) is 4.79 Å². The number of carbonyl (C=O) groups excluding carboxylic acids is 1. The third-order valence-electron chi connectivity index (χ3n) is 5.54. The van der Waals surface area contributed by atoms with Crippen molar-refractivity contribution in [1.82, 2.24) is 29.8 Å². The van der Waals surface area contributed by atoms with Crippen LogP contribution in [0.25, 0.3) is 4.96 Å². The molecule has 0 spiro atoms. The second kappa shape index (κ2) is 9.37. The number of aromatic nitrogens is 4. The summed E-state index contributed by atoms with van der Waals surface area (Å²) >= 11 is 8.83. The highest BCUT2D eigenvalue weighted by molar-refractivity contribution is 7.16. The first-order valence-corrected chi connectivity index (χ1v) is 12.7. The van der Waals surface area contributed by atoms with Gasteiger partial charge in [-0.2, -0.15) is 18.3 Å². The fourth-order valence-electron chi connectivity index (χ4n) is 3.90. The van der Waals surface area contributed by atoms with Gasteiger partial charge < -0.3 is 15.0 Å². The summed E-state index contributed by atoms with van der Waals surface area (Å²) in [5.41, 5.74) is 1.19. The normalized spacial score (nSPS) is 16.1. The number of fused-ring (bicyclic) bond motifs is 3. The number of hydrogen-bond acceptors (Lipinski definition) is 8. The number of carbonyl (C=O) groups is 1. The Kier molecular flexibility index (Phi) is 6.39. The summed E-state index contributed by atoms with van der Waals surface area (Å²) in [5, 5.41) is 10.2. The molecule has 0 fully saturated rings. The number of imidazole rings is 1. The van der Waals surface area contributed by atoms with E-state index in [1.54, 1.807) is 16.1 Å². The number of aryl methyl sites for hydroxylation is 1. The fraction of sp³-hybridized carbons (Fsp3) is 0.273. The van der Waals surface area contributed by atoms with Gasteiger partial charge in [-0.1, -0.05) is 22.9 Å². The maximum absolute atomic E-state index is 12.9. The highest BCUT2D eigenvalue weighted by atomic mass is 35.5. The molecular formula is C22H18ClF3N6O2S2. The van der Waals surface area contributed by atoms with Crippen molar-refractivity contribution in [2.75, 3.05) is 13.6 Å². The average Bonchev–Trinajstić information content (AvgIpc) is 3.53. The van der Waals surface area contributed by atoms with Crippen LogP contribution in [0.5, 0.6) is 5.75 Å². The van der Waals surface area contributed by atoms with E-state index in [0.717, 1.165) is 33.5 Å². The first kappa shape index (κ1) is 24.5. The zero-order valence-electron chi connectivity index (χ0n) is 18.8. The van der Waals surface area contributed by atoms with Crippen molar-refractivity contribution in [2.45, 2.75) is 25.6 Å². The van der Waals surface area contributed by atoms with Crippen molar-refractivity contribution in [2.24, 2.45) is 0 Å².